The number of hydrogen-bond acceptors (Lipinski definition) is 4. The van der Waals surface area contributed by atoms with Crippen molar-refractivity contribution in [1.82, 2.24) is 21.5 Å². The minimum atomic E-state index is -0.212. The first-order valence-electron chi connectivity index (χ1n) is 8.34. The number of hydrogen-bond donors (Lipinski definition) is 4. The summed E-state index contributed by atoms with van der Waals surface area (Å²) >= 11 is 6.33. The lowest BCUT2D eigenvalue weighted by molar-refractivity contribution is -0.125. The van der Waals surface area contributed by atoms with Crippen molar-refractivity contribution in [1.29, 1.82) is 0 Å². The molecule has 7 heteroatoms. The van der Waals surface area contributed by atoms with Gasteiger partial charge < -0.3 is 10.6 Å². The van der Waals surface area contributed by atoms with E-state index in [-0.39, 0.29) is 42.2 Å². The molecule has 0 aromatic heterocycles. The number of piperidine rings is 1. The fourth-order valence-electron chi connectivity index (χ4n) is 3.55. The van der Waals surface area contributed by atoms with Gasteiger partial charge in [-0.15, -0.1) is 12.4 Å². The van der Waals surface area contributed by atoms with Crippen LogP contribution in [0.1, 0.15) is 31.9 Å². The van der Waals surface area contributed by atoms with E-state index in [9.17, 15) is 4.79 Å². The molecule has 2 aliphatic rings. The minimum absolute atomic E-state index is 0. The van der Waals surface area contributed by atoms with E-state index in [1.54, 1.807) is 0 Å². The Morgan fingerprint density at radius 3 is 2.75 bits per heavy atom. The standard InChI is InChI=1S/C17H25ClN4O.ClH/c1-10(2)15(11-5-3-4-6-13(11)18)20-17(23)16-12-9-19-8-7-14(12)21-22-16;/h3-6,10,12,14-16,19,21-22H,7-9H2,1-2H3,(H,20,23);1H. The lowest BCUT2D eigenvalue weighted by Gasteiger charge is -2.30. The smallest absolute Gasteiger partial charge is 0.239 e. The van der Waals surface area contributed by atoms with Crippen LogP contribution in [0.3, 0.4) is 0 Å². The van der Waals surface area contributed by atoms with Crippen molar-refractivity contribution < 1.29 is 4.79 Å². The van der Waals surface area contributed by atoms with E-state index in [1.165, 1.54) is 0 Å². The van der Waals surface area contributed by atoms with Gasteiger partial charge in [-0.1, -0.05) is 43.6 Å². The molecule has 4 unspecified atom stereocenters. The van der Waals surface area contributed by atoms with Gasteiger partial charge in [0.15, 0.2) is 0 Å². The van der Waals surface area contributed by atoms with E-state index in [4.69, 9.17) is 11.6 Å². The van der Waals surface area contributed by atoms with E-state index in [1.807, 2.05) is 24.3 Å². The summed E-state index contributed by atoms with van der Waals surface area (Å²) < 4.78 is 0. The van der Waals surface area contributed by atoms with E-state index >= 15 is 0 Å². The highest BCUT2D eigenvalue weighted by Gasteiger charge is 2.41. The van der Waals surface area contributed by atoms with Crippen molar-refractivity contribution >= 4 is 29.9 Å². The normalized spacial score (nSPS) is 27.2. The summed E-state index contributed by atoms with van der Waals surface area (Å²) in [4.78, 5) is 12.8. The SMILES string of the molecule is CC(C)C(NC(=O)C1NNC2CCNCC21)c1ccccc1Cl.Cl. The highest BCUT2D eigenvalue weighted by Crippen LogP contribution is 2.29. The first kappa shape index (κ1) is 19.5. The van der Waals surface area contributed by atoms with Gasteiger partial charge in [-0.2, -0.15) is 0 Å². The fourth-order valence-corrected chi connectivity index (χ4v) is 3.80. The fraction of sp³-hybridized carbons (Fsp3) is 0.588. The van der Waals surface area contributed by atoms with Crippen molar-refractivity contribution in [3.8, 4) is 0 Å². The molecule has 1 aromatic rings. The summed E-state index contributed by atoms with van der Waals surface area (Å²) in [5.41, 5.74) is 7.41. The third-order valence-corrected chi connectivity index (χ3v) is 5.21. The van der Waals surface area contributed by atoms with E-state index in [0.717, 1.165) is 25.1 Å². The molecule has 2 saturated heterocycles. The lowest BCUT2D eigenvalue weighted by Crippen LogP contribution is -2.50. The third-order valence-electron chi connectivity index (χ3n) is 4.87. The van der Waals surface area contributed by atoms with Crippen LogP contribution in [0.15, 0.2) is 24.3 Å². The number of amides is 1. The highest BCUT2D eigenvalue weighted by molar-refractivity contribution is 6.31. The predicted octanol–water partition coefficient (Wildman–Crippen LogP) is 2.03. The van der Waals surface area contributed by atoms with Gasteiger partial charge in [-0.3, -0.25) is 10.2 Å². The van der Waals surface area contributed by atoms with Crippen LogP contribution in [-0.4, -0.2) is 31.1 Å². The van der Waals surface area contributed by atoms with Crippen LogP contribution in [-0.2, 0) is 4.79 Å². The van der Waals surface area contributed by atoms with Crippen molar-refractivity contribution in [2.45, 2.75) is 38.4 Å². The van der Waals surface area contributed by atoms with Crippen molar-refractivity contribution in [2.24, 2.45) is 11.8 Å². The largest absolute Gasteiger partial charge is 0.348 e. The van der Waals surface area contributed by atoms with Gasteiger partial charge in [-0.05, 0) is 30.5 Å². The Bertz CT molecular complexity index is 569. The second kappa shape index (κ2) is 8.50. The number of nitrogens with one attached hydrogen (secondary N) is 4. The minimum Gasteiger partial charge on any atom is -0.348 e. The summed E-state index contributed by atoms with van der Waals surface area (Å²) in [6.07, 6.45) is 1.04. The molecule has 3 rings (SSSR count). The maximum Gasteiger partial charge on any atom is 0.239 e. The molecule has 134 valence electrons. The second-order valence-electron chi connectivity index (χ2n) is 6.78. The van der Waals surface area contributed by atoms with E-state index in [0.29, 0.717) is 11.1 Å². The molecule has 2 heterocycles. The zero-order valence-corrected chi connectivity index (χ0v) is 15.6. The van der Waals surface area contributed by atoms with Crippen LogP contribution in [0.5, 0.6) is 0 Å². The van der Waals surface area contributed by atoms with Gasteiger partial charge in [-0.25, -0.2) is 5.43 Å². The molecule has 0 bridgehead atoms. The van der Waals surface area contributed by atoms with Crippen LogP contribution in [0.4, 0.5) is 0 Å². The number of carbonyl (C=O) groups is 1. The average molecular weight is 373 g/mol. The maximum atomic E-state index is 12.8. The molecule has 4 atom stereocenters. The lowest BCUT2D eigenvalue weighted by atomic mass is 9.88. The van der Waals surface area contributed by atoms with Crippen LogP contribution >= 0.6 is 24.0 Å². The number of rotatable bonds is 4. The summed E-state index contributed by atoms with van der Waals surface area (Å²) in [6, 6.07) is 7.79. The zero-order valence-electron chi connectivity index (χ0n) is 14.0. The summed E-state index contributed by atoms with van der Waals surface area (Å²) in [7, 11) is 0. The Balaban J connectivity index is 0.00000208. The number of carbonyl (C=O) groups excluding carboxylic acids is 1. The van der Waals surface area contributed by atoms with Crippen molar-refractivity contribution in [3.05, 3.63) is 34.9 Å². The van der Waals surface area contributed by atoms with Crippen LogP contribution in [0.25, 0.3) is 0 Å². The Morgan fingerprint density at radius 1 is 1.29 bits per heavy atom. The van der Waals surface area contributed by atoms with Crippen LogP contribution in [0, 0.1) is 11.8 Å². The predicted molar refractivity (Wildman–Crippen MR) is 99.2 cm³/mol. The molecular weight excluding hydrogens is 347 g/mol. The third kappa shape index (κ3) is 4.03. The Labute approximate surface area is 154 Å². The zero-order chi connectivity index (χ0) is 16.4. The quantitative estimate of drug-likeness (QED) is 0.652. The monoisotopic (exact) mass is 372 g/mol. The van der Waals surface area contributed by atoms with Crippen molar-refractivity contribution in [2.75, 3.05) is 13.1 Å². The highest BCUT2D eigenvalue weighted by atomic mass is 35.5. The van der Waals surface area contributed by atoms with Gasteiger partial charge in [0, 0.05) is 23.5 Å². The van der Waals surface area contributed by atoms with Gasteiger partial charge in [0.05, 0.1) is 6.04 Å². The van der Waals surface area contributed by atoms with Gasteiger partial charge in [0.25, 0.3) is 0 Å². The number of hydrazine groups is 1. The van der Waals surface area contributed by atoms with Gasteiger partial charge in [0.1, 0.15) is 6.04 Å². The maximum absolute atomic E-state index is 12.8. The molecule has 5 nitrogen and oxygen atoms in total. The Hall–Kier alpha value is -0.850. The summed E-state index contributed by atoms with van der Waals surface area (Å²) in [5.74, 6) is 0.573. The molecule has 0 aliphatic carbocycles. The van der Waals surface area contributed by atoms with Gasteiger partial charge in [0.2, 0.25) is 5.91 Å². The Morgan fingerprint density at radius 2 is 2.04 bits per heavy atom. The van der Waals surface area contributed by atoms with Crippen molar-refractivity contribution in [3.63, 3.8) is 0 Å². The first-order valence-corrected chi connectivity index (χ1v) is 8.72. The number of halogens is 2. The second-order valence-corrected chi connectivity index (χ2v) is 7.19. The summed E-state index contributed by atoms with van der Waals surface area (Å²) in [6.45, 7) is 6.05. The van der Waals surface area contributed by atoms with Crippen LogP contribution < -0.4 is 21.5 Å². The van der Waals surface area contributed by atoms with Crippen LogP contribution in [0.2, 0.25) is 5.02 Å². The molecule has 0 saturated carbocycles. The van der Waals surface area contributed by atoms with E-state index < -0.39 is 0 Å². The Kier molecular flexibility index (Phi) is 6.89. The van der Waals surface area contributed by atoms with E-state index in [2.05, 4.69) is 35.3 Å². The molecular formula is C17H26Cl2N4O. The molecule has 24 heavy (non-hydrogen) atoms. The molecule has 2 fully saturated rings. The molecule has 0 radical (unpaired) electrons. The molecule has 0 spiro atoms. The number of fused-ring (bicyclic) bond motifs is 1. The average Bonchev–Trinajstić information content (AvgIpc) is 2.97. The molecule has 4 N–H and O–H groups in total. The first-order chi connectivity index (χ1) is 11.1. The summed E-state index contributed by atoms with van der Waals surface area (Å²) in [5, 5.41) is 7.27. The molecule has 1 amide bonds. The molecule has 2 aliphatic heterocycles. The molecule has 1 aromatic carbocycles. The topological polar surface area (TPSA) is 65.2 Å². The number of benzene rings is 1. The van der Waals surface area contributed by atoms with Gasteiger partial charge >= 0.3 is 0 Å².